The van der Waals surface area contributed by atoms with Gasteiger partial charge in [-0.3, -0.25) is 4.79 Å². The maximum Gasteiger partial charge on any atom is 0.258 e. The molecule has 1 aliphatic heterocycles. The highest BCUT2D eigenvalue weighted by Gasteiger charge is 2.21. The van der Waals surface area contributed by atoms with Gasteiger partial charge in [0, 0.05) is 25.2 Å². The predicted octanol–water partition coefficient (Wildman–Crippen LogP) is 1.93. The van der Waals surface area contributed by atoms with Crippen molar-refractivity contribution in [2.24, 2.45) is 0 Å². The van der Waals surface area contributed by atoms with Crippen molar-refractivity contribution in [3.8, 4) is 11.8 Å². The summed E-state index contributed by atoms with van der Waals surface area (Å²) in [4.78, 5) is 14.3. The molecule has 1 heterocycles. The number of hydrogen-bond acceptors (Lipinski definition) is 4. The normalized spacial score (nSPS) is 16.3. The van der Waals surface area contributed by atoms with E-state index in [0.29, 0.717) is 17.4 Å². The molecule has 1 N–H and O–H groups in total. The number of ether oxygens (including phenoxy) is 1. The number of likely N-dealkylation sites (tertiary alicyclic amines) is 1. The lowest BCUT2D eigenvalue weighted by molar-refractivity contribution is -0.124. The fraction of sp³-hybridized carbons (Fsp3) is 0.529. The Hall–Kier alpha value is -2.06. The highest BCUT2D eigenvalue weighted by molar-refractivity contribution is 5.77. The molecule has 0 atom stereocenters. The molecule has 1 fully saturated rings. The average molecular weight is 301 g/mol. The zero-order valence-corrected chi connectivity index (χ0v) is 13.2. The van der Waals surface area contributed by atoms with Crippen LogP contribution in [0.3, 0.4) is 0 Å². The summed E-state index contributed by atoms with van der Waals surface area (Å²) in [5, 5.41) is 11.8. The van der Waals surface area contributed by atoms with E-state index in [1.165, 1.54) is 0 Å². The van der Waals surface area contributed by atoms with Crippen LogP contribution in [0.5, 0.6) is 5.75 Å². The Balaban J connectivity index is 1.71. The third-order valence-electron chi connectivity index (χ3n) is 3.98. The summed E-state index contributed by atoms with van der Waals surface area (Å²) in [5.74, 6) is 0.510. The van der Waals surface area contributed by atoms with Gasteiger partial charge in [0.1, 0.15) is 5.75 Å². The Morgan fingerprint density at radius 1 is 1.36 bits per heavy atom. The van der Waals surface area contributed by atoms with E-state index in [9.17, 15) is 4.79 Å². The van der Waals surface area contributed by atoms with Gasteiger partial charge in [-0.05, 0) is 51.0 Å². The fourth-order valence-electron chi connectivity index (χ4n) is 2.60. The first kappa shape index (κ1) is 16.3. The van der Waals surface area contributed by atoms with Gasteiger partial charge < -0.3 is 15.0 Å². The van der Waals surface area contributed by atoms with Gasteiger partial charge in [-0.15, -0.1) is 0 Å². The number of carbonyl (C=O) groups excluding carboxylic acids is 1. The standard InChI is InChI=1S/C17H23N3O2/c1-13(2)20-9-7-15(8-10-20)19-17(21)12-22-16-5-3-14(11-18)4-6-16/h3-6,13,15H,7-10,12H2,1-2H3,(H,19,21). The van der Waals surface area contributed by atoms with Gasteiger partial charge in [0.2, 0.25) is 0 Å². The van der Waals surface area contributed by atoms with Crippen molar-refractivity contribution < 1.29 is 9.53 Å². The monoisotopic (exact) mass is 301 g/mol. The average Bonchev–Trinajstić information content (AvgIpc) is 2.54. The van der Waals surface area contributed by atoms with Crippen molar-refractivity contribution in [1.29, 1.82) is 5.26 Å². The van der Waals surface area contributed by atoms with E-state index in [1.807, 2.05) is 6.07 Å². The minimum absolute atomic E-state index is 0.0102. The summed E-state index contributed by atoms with van der Waals surface area (Å²) in [7, 11) is 0. The van der Waals surface area contributed by atoms with Gasteiger partial charge in [0.15, 0.2) is 6.61 Å². The van der Waals surface area contributed by atoms with E-state index in [2.05, 4.69) is 24.1 Å². The van der Waals surface area contributed by atoms with Gasteiger partial charge in [-0.25, -0.2) is 0 Å². The Morgan fingerprint density at radius 3 is 2.55 bits per heavy atom. The van der Waals surface area contributed by atoms with Gasteiger partial charge in [0.25, 0.3) is 5.91 Å². The van der Waals surface area contributed by atoms with E-state index < -0.39 is 0 Å². The van der Waals surface area contributed by atoms with Crippen LogP contribution in [-0.4, -0.2) is 42.6 Å². The molecule has 5 nitrogen and oxygen atoms in total. The minimum Gasteiger partial charge on any atom is -0.484 e. The Kier molecular flexibility index (Phi) is 5.79. The molecule has 0 bridgehead atoms. The van der Waals surface area contributed by atoms with Crippen molar-refractivity contribution in [2.45, 2.75) is 38.8 Å². The highest BCUT2D eigenvalue weighted by Crippen LogP contribution is 2.13. The molecule has 1 amide bonds. The zero-order valence-electron chi connectivity index (χ0n) is 13.2. The lowest BCUT2D eigenvalue weighted by Gasteiger charge is -2.34. The second-order valence-electron chi connectivity index (χ2n) is 5.90. The summed E-state index contributed by atoms with van der Waals surface area (Å²) in [5.41, 5.74) is 0.578. The lowest BCUT2D eigenvalue weighted by atomic mass is 10.0. The summed E-state index contributed by atoms with van der Waals surface area (Å²) < 4.78 is 5.44. The molecule has 0 aromatic heterocycles. The number of benzene rings is 1. The van der Waals surface area contributed by atoms with Gasteiger partial charge in [0.05, 0.1) is 11.6 Å². The van der Waals surface area contributed by atoms with Crippen LogP contribution in [0.25, 0.3) is 0 Å². The molecular weight excluding hydrogens is 278 g/mol. The zero-order chi connectivity index (χ0) is 15.9. The fourth-order valence-corrected chi connectivity index (χ4v) is 2.60. The topological polar surface area (TPSA) is 65.4 Å². The van der Waals surface area contributed by atoms with E-state index in [1.54, 1.807) is 24.3 Å². The summed E-state index contributed by atoms with van der Waals surface area (Å²) in [6.45, 7) is 6.46. The third kappa shape index (κ3) is 4.74. The van der Waals surface area contributed by atoms with Crippen LogP contribution in [0.15, 0.2) is 24.3 Å². The first-order chi connectivity index (χ1) is 10.6. The molecule has 0 aliphatic carbocycles. The van der Waals surface area contributed by atoms with Crippen LogP contribution in [-0.2, 0) is 4.79 Å². The molecular formula is C17H23N3O2. The van der Waals surface area contributed by atoms with E-state index in [4.69, 9.17) is 10.00 Å². The molecule has 1 saturated heterocycles. The first-order valence-electron chi connectivity index (χ1n) is 7.75. The van der Waals surface area contributed by atoms with Crippen molar-refractivity contribution in [2.75, 3.05) is 19.7 Å². The Labute approximate surface area is 131 Å². The van der Waals surface area contributed by atoms with Gasteiger partial charge in [-0.2, -0.15) is 5.26 Å². The van der Waals surface area contributed by atoms with Crippen LogP contribution in [0.4, 0.5) is 0 Å². The molecule has 0 saturated carbocycles. The minimum atomic E-state index is -0.0904. The highest BCUT2D eigenvalue weighted by atomic mass is 16.5. The van der Waals surface area contributed by atoms with Gasteiger partial charge >= 0.3 is 0 Å². The Bertz CT molecular complexity index is 526. The largest absolute Gasteiger partial charge is 0.484 e. The molecule has 1 aromatic carbocycles. The summed E-state index contributed by atoms with van der Waals surface area (Å²) in [6.07, 6.45) is 1.97. The maximum absolute atomic E-state index is 11.9. The Morgan fingerprint density at radius 2 is 2.00 bits per heavy atom. The molecule has 1 aromatic rings. The number of nitrogens with zero attached hydrogens (tertiary/aromatic N) is 2. The number of piperidine rings is 1. The van der Waals surface area contributed by atoms with Crippen molar-refractivity contribution in [3.63, 3.8) is 0 Å². The lowest BCUT2D eigenvalue weighted by Crippen LogP contribution is -2.47. The molecule has 1 aliphatic rings. The number of nitrogens with one attached hydrogen (secondary N) is 1. The molecule has 0 unspecified atom stereocenters. The number of hydrogen-bond donors (Lipinski definition) is 1. The maximum atomic E-state index is 11.9. The van der Waals surface area contributed by atoms with E-state index in [-0.39, 0.29) is 18.6 Å². The van der Waals surface area contributed by atoms with E-state index in [0.717, 1.165) is 25.9 Å². The van der Waals surface area contributed by atoms with Crippen LogP contribution in [0.2, 0.25) is 0 Å². The predicted molar refractivity (Wildman–Crippen MR) is 84.5 cm³/mol. The number of carbonyl (C=O) groups is 1. The molecule has 0 spiro atoms. The first-order valence-corrected chi connectivity index (χ1v) is 7.75. The van der Waals surface area contributed by atoms with Crippen molar-refractivity contribution >= 4 is 5.91 Å². The number of amides is 1. The van der Waals surface area contributed by atoms with Crippen molar-refractivity contribution in [3.05, 3.63) is 29.8 Å². The van der Waals surface area contributed by atoms with Crippen LogP contribution in [0.1, 0.15) is 32.3 Å². The van der Waals surface area contributed by atoms with Crippen LogP contribution in [0, 0.1) is 11.3 Å². The molecule has 2 rings (SSSR count). The quantitative estimate of drug-likeness (QED) is 0.902. The van der Waals surface area contributed by atoms with Crippen LogP contribution >= 0.6 is 0 Å². The second kappa shape index (κ2) is 7.81. The van der Waals surface area contributed by atoms with Gasteiger partial charge in [-0.1, -0.05) is 0 Å². The third-order valence-corrected chi connectivity index (χ3v) is 3.98. The summed E-state index contributed by atoms with van der Waals surface area (Å²) in [6, 6.07) is 9.61. The molecule has 0 radical (unpaired) electrons. The molecule has 118 valence electrons. The molecule has 5 heteroatoms. The summed E-state index contributed by atoms with van der Waals surface area (Å²) >= 11 is 0. The van der Waals surface area contributed by atoms with Crippen molar-refractivity contribution in [1.82, 2.24) is 10.2 Å². The SMILES string of the molecule is CC(C)N1CCC(NC(=O)COc2ccc(C#N)cc2)CC1. The smallest absolute Gasteiger partial charge is 0.258 e. The number of rotatable bonds is 5. The number of nitriles is 1. The second-order valence-corrected chi connectivity index (χ2v) is 5.90. The van der Waals surface area contributed by atoms with E-state index >= 15 is 0 Å². The molecule has 22 heavy (non-hydrogen) atoms. The van der Waals surface area contributed by atoms with Crippen LogP contribution < -0.4 is 10.1 Å².